The van der Waals surface area contributed by atoms with Gasteiger partial charge in [0.2, 0.25) is 0 Å². The van der Waals surface area contributed by atoms with Crippen LogP contribution < -0.4 is 5.73 Å². The summed E-state index contributed by atoms with van der Waals surface area (Å²) in [4.78, 5) is 3.57. The van der Waals surface area contributed by atoms with E-state index in [1.54, 1.807) is 0 Å². The van der Waals surface area contributed by atoms with E-state index in [1.165, 1.54) is 6.20 Å². The highest BCUT2D eigenvalue weighted by Crippen LogP contribution is 2.26. The van der Waals surface area contributed by atoms with Gasteiger partial charge in [-0.2, -0.15) is 5.26 Å². The maximum atomic E-state index is 12.2. The molecule has 1 rings (SSSR count). The van der Waals surface area contributed by atoms with E-state index >= 15 is 0 Å². The quantitative estimate of drug-likeness (QED) is 0.758. The Kier molecular flexibility index (Phi) is 2.75. The van der Waals surface area contributed by atoms with Crippen molar-refractivity contribution in [2.45, 2.75) is 12.8 Å². The second-order valence-electron chi connectivity index (χ2n) is 2.44. The number of nitrogens with two attached hydrogens (primary N) is 1. The molecule has 0 amide bonds. The fourth-order valence-corrected chi connectivity index (χ4v) is 0.932. The van der Waals surface area contributed by atoms with E-state index in [9.17, 15) is 8.78 Å². The number of nitriles is 1. The lowest BCUT2D eigenvalue weighted by Gasteiger charge is -2.06. The molecule has 0 saturated heterocycles. The van der Waals surface area contributed by atoms with Gasteiger partial charge in [-0.25, -0.2) is 8.78 Å². The zero-order valence-corrected chi connectivity index (χ0v) is 6.67. The first-order valence-corrected chi connectivity index (χ1v) is 3.54. The van der Waals surface area contributed by atoms with Gasteiger partial charge in [0.15, 0.2) is 0 Å². The Hall–Kier alpha value is -1.70. The van der Waals surface area contributed by atoms with Crippen LogP contribution in [0.4, 0.5) is 14.5 Å². The van der Waals surface area contributed by atoms with Crippen molar-refractivity contribution in [3.8, 4) is 6.07 Å². The van der Waals surface area contributed by atoms with Crippen LogP contribution in [0.5, 0.6) is 0 Å². The van der Waals surface area contributed by atoms with E-state index in [0.717, 1.165) is 6.20 Å². The van der Waals surface area contributed by atoms with E-state index < -0.39 is 6.43 Å². The summed E-state index contributed by atoms with van der Waals surface area (Å²) < 4.78 is 24.5. The number of halogens is 2. The molecule has 2 N–H and O–H groups in total. The van der Waals surface area contributed by atoms with E-state index in [2.05, 4.69) is 4.98 Å². The predicted octanol–water partition coefficient (Wildman–Crippen LogP) is 1.67. The number of anilines is 1. The van der Waals surface area contributed by atoms with Gasteiger partial charge in [0.1, 0.15) is 0 Å². The third-order valence-electron chi connectivity index (χ3n) is 1.61. The molecule has 0 unspecified atom stereocenters. The van der Waals surface area contributed by atoms with Crippen molar-refractivity contribution < 1.29 is 8.78 Å². The molecule has 1 heterocycles. The number of alkyl halides is 2. The summed E-state index contributed by atoms with van der Waals surface area (Å²) in [5.74, 6) is 0. The zero-order valence-electron chi connectivity index (χ0n) is 6.67. The van der Waals surface area contributed by atoms with Crippen LogP contribution in [0.15, 0.2) is 12.4 Å². The topological polar surface area (TPSA) is 62.7 Å². The van der Waals surface area contributed by atoms with Gasteiger partial charge in [-0.05, 0) is 0 Å². The van der Waals surface area contributed by atoms with Crippen molar-refractivity contribution >= 4 is 5.69 Å². The van der Waals surface area contributed by atoms with E-state index in [1.807, 2.05) is 6.07 Å². The minimum absolute atomic E-state index is 0.000602. The Labute approximate surface area is 73.8 Å². The predicted molar refractivity (Wildman–Crippen MR) is 42.9 cm³/mol. The number of nitrogen functional groups attached to an aromatic ring is 1. The highest BCUT2D eigenvalue weighted by molar-refractivity contribution is 5.53. The fourth-order valence-electron chi connectivity index (χ4n) is 0.932. The molecule has 1 aromatic heterocycles. The average molecular weight is 183 g/mol. The molecule has 13 heavy (non-hydrogen) atoms. The Bertz CT molecular complexity index is 344. The number of aromatic nitrogens is 1. The molecule has 0 radical (unpaired) electrons. The van der Waals surface area contributed by atoms with Crippen molar-refractivity contribution in [3.05, 3.63) is 23.5 Å². The standard InChI is InChI=1S/C8H7F2N3/c9-8(10)6-4-13-3-5(1-2-11)7(6)12/h3-4,8H,1H2,(H2,12,13). The van der Waals surface area contributed by atoms with Crippen LogP contribution in [0.3, 0.4) is 0 Å². The van der Waals surface area contributed by atoms with Gasteiger partial charge in [0.05, 0.1) is 18.1 Å². The SMILES string of the molecule is N#CCc1cncc(C(F)F)c1N. The van der Waals surface area contributed by atoms with Gasteiger partial charge in [-0.15, -0.1) is 0 Å². The van der Waals surface area contributed by atoms with Gasteiger partial charge < -0.3 is 5.73 Å². The summed E-state index contributed by atoms with van der Waals surface area (Å²) in [6, 6.07) is 1.83. The van der Waals surface area contributed by atoms with Gasteiger partial charge in [0, 0.05) is 23.6 Å². The fraction of sp³-hybridized carbons (Fsp3) is 0.250. The molecule has 0 aliphatic heterocycles. The largest absolute Gasteiger partial charge is 0.398 e. The number of hydrogen-bond donors (Lipinski definition) is 1. The molecular weight excluding hydrogens is 176 g/mol. The lowest BCUT2D eigenvalue weighted by molar-refractivity contribution is 0.151. The number of rotatable bonds is 2. The zero-order chi connectivity index (χ0) is 9.84. The second kappa shape index (κ2) is 3.81. The molecule has 0 aromatic carbocycles. The minimum Gasteiger partial charge on any atom is -0.398 e. The summed E-state index contributed by atoms with van der Waals surface area (Å²) in [6.07, 6.45) is -0.309. The number of hydrogen-bond acceptors (Lipinski definition) is 3. The Morgan fingerprint density at radius 1 is 1.54 bits per heavy atom. The molecule has 5 heteroatoms. The van der Waals surface area contributed by atoms with Gasteiger partial charge in [0.25, 0.3) is 6.43 Å². The molecule has 0 fully saturated rings. The van der Waals surface area contributed by atoms with Crippen molar-refractivity contribution in [1.29, 1.82) is 5.26 Å². The first kappa shape index (κ1) is 9.39. The summed E-state index contributed by atoms with van der Waals surface area (Å²) in [7, 11) is 0. The molecule has 0 aliphatic carbocycles. The van der Waals surface area contributed by atoms with Crippen molar-refractivity contribution in [2.75, 3.05) is 5.73 Å². The lowest BCUT2D eigenvalue weighted by Crippen LogP contribution is -2.01. The Morgan fingerprint density at radius 2 is 2.23 bits per heavy atom. The van der Waals surface area contributed by atoms with Crippen LogP contribution in [-0.4, -0.2) is 4.98 Å². The van der Waals surface area contributed by atoms with Crippen LogP contribution >= 0.6 is 0 Å². The monoisotopic (exact) mass is 183 g/mol. The van der Waals surface area contributed by atoms with Gasteiger partial charge in [-0.3, -0.25) is 4.98 Å². The normalized spacial score (nSPS) is 10.0. The molecule has 0 spiro atoms. The summed E-state index contributed by atoms with van der Waals surface area (Å²) in [5, 5.41) is 8.35. The second-order valence-corrected chi connectivity index (χ2v) is 2.44. The van der Waals surface area contributed by atoms with E-state index in [4.69, 9.17) is 11.0 Å². The molecular formula is C8H7F2N3. The summed E-state index contributed by atoms with van der Waals surface area (Å²) in [5.41, 5.74) is 5.40. The van der Waals surface area contributed by atoms with Gasteiger partial charge in [-0.1, -0.05) is 0 Å². The summed E-state index contributed by atoms with van der Waals surface area (Å²) in [6.45, 7) is 0. The Balaban J connectivity index is 3.12. The van der Waals surface area contributed by atoms with Crippen LogP contribution in [0.1, 0.15) is 17.6 Å². The van der Waals surface area contributed by atoms with Crippen molar-refractivity contribution in [2.24, 2.45) is 0 Å². The van der Waals surface area contributed by atoms with E-state index in [-0.39, 0.29) is 17.7 Å². The maximum Gasteiger partial charge on any atom is 0.267 e. The third-order valence-corrected chi connectivity index (χ3v) is 1.61. The molecule has 3 nitrogen and oxygen atoms in total. The molecule has 0 atom stereocenters. The molecule has 0 aliphatic rings. The first-order valence-electron chi connectivity index (χ1n) is 3.54. The molecule has 68 valence electrons. The van der Waals surface area contributed by atoms with Gasteiger partial charge >= 0.3 is 0 Å². The summed E-state index contributed by atoms with van der Waals surface area (Å²) >= 11 is 0. The van der Waals surface area contributed by atoms with E-state index in [0.29, 0.717) is 5.56 Å². The van der Waals surface area contributed by atoms with Crippen LogP contribution in [0, 0.1) is 11.3 Å². The molecule has 0 bridgehead atoms. The van der Waals surface area contributed by atoms with Crippen LogP contribution in [0.2, 0.25) is 0 Å². The Morgan fingerprint density at radius 3 is 2.77 bits per heavy atom. The minimum atomic E-state index is -2.65. The van der Waals surface area contributed by atoms with Crippen molar-refractivity contribution in [3.63, 3.8) is 0 Å². The average Bonchev–Trinajstić information content (AvgIpc) is 2.08. The van der Waals surface area contributed by atoms with Crippen molar-refractivity contribution in [1.82, 2.24) is 4.98 Å². The smallest absolute Gasteiger partial charge is 0.267 e. The highest BCUT2D eigenvalue weighted by Gasteiger charge is 2.13. The molecule has 0 saturated carbocycles. The number of pyridine rings is 1. The third kappa shape index (κ3) is 1.90. The highest BCUT2D eigenvalue weighted by atomic mass is 19.3. The van der Waals surface area contributed by atoms with Crippen LogP contribution in [-0.2, 0) is 6.42 Å². The maximum absolute atomic E-state index is 12.2. The molecule has 1 aromatic rings. The number of nitrogens with zero attached hydrogens (tertiary/aromatic N) is 2. The lowest BCUT2D eigenvalue weighted by atomic mass is 10.1. The first-order chi connectivity index (χ1) is 6.16. The van der Waals surface area contributed by atoms with Crippen LogP contribution in [0.25, 0.3) is 0 Å².